The van der Waals surface area contributed by atoms with Gasteiger partial charge in [0, 0.05) is 32.2 Å². The fourth-order valence-electron chi connectivity index (χ4n) is 4.03. The highest BCUT2D eigenvalue weighted by Crippen LogP contribution is 2.23. The normalized spacial score (nSPS) is 20.8. The number of amides is 1. The molecule has 1 aliphatic heterocycles. The molecule has 0 radical (unpaired) electrons. The van der Waals surface area contributed by atoms with E-state index >= 15 is 0 Å². The number of benzene rings is 1. The van der Waals surface area contributed by atoms with E-state index in [0.29, 0.717) is 23.3 Å². The molecule has 1 aliphatic carbocycles. The van der Waals surface area contributed by atoms with Crippen molar-refractivity contribution < 1.29 is 9.42 Å². The summed E-state index contributed by atoms with van der Waals surface area (Å²) in [7, 11) is 0. The molecule has 4 rings (SSSR count). The van der Waals surface area contributed by atoms with Crippen LogP contribution in [0.4, 0.5) is 5.69 Å². The molecule has 1 saturated heterocycles. The maximum absolute atomic E-state index is 12.4. The van der Waals surface area contributed by atoms with Gasteiger partial charge < -0.3 is 5.32 Å². The number of piperazine rings is 1. The lowest BCUT2D eigenvalue weighted by Gasteiger charge is -2.40. The molecular weight excluding hydrogens is 318 g/mol. The van der Waals surface area contributed by atoms with E-state index in [4.69, 9.17) is 4.63 Å². The third kappa shape index (κ3) is 3.82. The van der Waals surface area contributed by atoms with Crippen molar-refractivity contribution >= 4 is 22.6 Å². The van der Waals surface area contributed by atoms with Crippen LogP contribution in [0.5, 0.6) is 0 Å². The van der Waals surface area contributed by atoms with Gasteiger partial charge in [0.25, 0.3) is 0 Å². The number of anilines is 1. The molecule has 0 atom stereocenters. The quantitative estimate of drug-likeness (QED) is 0.916. The fourth-order valence-corrected chi connectivity index (χ4v) is 4.03. The first kappa shape index (κ1) is 16.5. The Hall–Kier alpha value is -1.99. The maximum Gasteiger partial charge on any atom is 0.238 e. The molecule has 7 nitrogen and oxygen atoms in total. The number of nitrogens with one attached hydrogen (secondary N) is 1. The van der Waals surface area contributed by atoms with Crippen LogP contribution >= 0.6 is 0 Å². The second kappa shape index (κ2) is 7.49. The molecule has 2 aromatic rings. The number of hydrogen-bond acceptors (Lipinski definition) is 6. The van der Waals surface area contributed by atoms with E-state index in [0.717, 1.165) is 32.2 Å². The lowest BCUT2D eigenvalue weighted by atomic mass is 9.94. The first-order valence-electron chi connectivity index (χ1n) is 9.27. The molecule has 1 N–H and O–H groups in total. The molecule has 1 aromatic heterocycles. The number of hydrogen-bond donors (Lipinski definition) is 1. The predicted octanol–water partition coefficient (Wildman–Crippen LogP) is 2.11. The second-order valence-electron chi connectivity index (χ2n) is 7.09. The van der Waals surface area contributed by atoms with Crippen molar-refractivity contribution in [1.82, 2.24) is 20.1 Å². The van der Waals surface area contributed by atoms with Gasteiger partial charge in [0.2, 0.25) is 5.91 Å². The number of carbonyl (C=O) groups is 1. The SMILES string of the molecule is O=C(CN1CCN(C2CCCCC2)CC1)Nc1cccc2nonc12. The van der Waals surface area contributed by atoms with Gasteiger partial charge in [0.1, 0.15) is 5.52 Å². The van der Waals surface area contributed by atoms with Gasteiger partial charge in [-0.2, -0.15) is 0 Å². The summed E-state index contributed by atoms with van der Waals surface area (Å²) in [6.45, 7) is 4.47. The molecule has 1 amide bonds. The van der Waals surface area contributed by atoms with E-state index in [-0.39, 0.29) is 5.91 Å². The largest absolute Gasteiger partial charge is 0.323 e. The summed E-state index contributed by atoms with van der Waals surface area (Å²) in [5.74, 6) is -0.0124. The average molecular weight is 343 g/mol. The lowest BCUT2D eigenvalue weighted by molar-refractivity contribution is -0.117. The second-order valence-corrected chi connectivity index (χ2v) is 7.09. The molecule has 0 bridgehead atoms. The topological polar surface area (TPSA) is 74.5 Å². The molecule has 134 valence electrons. The van der Waals surface area contributed by atoms with E-state index in [1.165, 1.54) is 32.1 Å². The predicted molar refractivity (Wildman–Crippen MR) is 95.3 cm³/mol. The maximum atomic E-state index is 12.4. The Bertz CT molecular complexity index is 717. The van der Waals surface area contributed by atoms with Crippen molar-refractivity contribution in [2.75, 3.05) is 38.0 Å². The highest BCUT2D eigenvalue weighted by atomic mass is 16.6. The summed E-state index contributed by atoms with van der Waals surface area (Å²) in [6, 6.07) is 6.24. The van der Waals surface area contributed by atoms with Crippen LogP contribution in [0.3, 0.4) is 0 Å². The zero-order chi connectivity index (χ0) is 17.1. The van der Waals surface area contributed by atoms with E-state index in [1.54, 1.807) is 0 Å². The zero-order valence-electron chi connectivity index (χ0n) is 14.5. The fraction of sp³-hybridized carbons (Fsp3) is 0.611. The lowest BCUT2D eigenvalue weighted by Crippen LogP contribution is -2.52. The Morgan fingerprint density at radius 1 is 1.12 bits per heavy atom. The number of aromatic nitrogens is 2. The monoisotopic (exact) mass is 343 g/mol. The minimum atomic E-state index is -0.0124. The molecule has 2 aliphatic rings. The highest BCUT2D eigenvalue weighted by Gasteiger charge is 2.25. The Morgan fingerprint density at radius 2 is 1.92 bits per heavy atom. The standard InChI is InChI=1S/C18H25N5O2/c24-17(19-15-7-4-8-16-18(15)21-25-20-16)13-22-9-11-23(12-10-22)14-5-2-1-3-6-14/h4,7-8,14H,1-3,5-6,9-13H2,(H,19,24). The summed E-state index contributed by atoms with van der Waals surface area (Å²) in [5.41, 5.74) is 1.90. The molecule has 2 heterocycles. The minimum Gasteiger partial charge on any atom is -0.323 e. The van der Waals surface area contributed by atoms with Gasteiger partial charge in [-0.25, -0.2) is 4.63 Å². The van der Waals surface area contributed by atoms with Crippen LogP contribution in [0.2, 0.25) is 0 Å². The summed E-state index contributed by atoms with van der Waals surface area (Å²) >= 11 is 0. The van der Waals surface area contributed by atoms with Crippen LogP contribution in [0.25, 0.3) is 11.0 Å². The van der Waals surface area contributed by atoms with Crippen molar-refractivity contribution in [1.29, 1.82) is 0 Å². The van der Waals surface area contributed by atoms with Crippen molar-refractivity contribution in [2.24, 2.45) is 0 Å². The van der Waals surface area contributed by atoms with Crippen LogP contribution in [0.15, 0.2) is 22.8 Å². The Labute approximate surface area is 147 Å². The molecule has 7 heteroatoms. The minimum absolute atomic E-state index is 0.0124. The number of fused-ring (bicyclic) bond motifs is 1. The zero-order valence-corrected chi connectivity index (χ0v) is 14.5. The smallest absolute Gasteiger partial charge is 0.238 e. The van der Waals surface area contributed by atoms with Crippen molar-refractivity contribution in [3.8, 4) is 0 Å². The van der Waals surface area contributed by atoms with E-state index in [9.17, 15) is 4.79 Å². The van der Waals surface area contributed by atoms with Gasteiger partial charge in [0.05, 0.1) is 12.2 Å². The van der Waals surface area contributed by atoms with Gasteiger partial charge in [-0.1, -0.05) is 25.3 Å². The number of nitrogens with zero attached hydrogens (tertiary/aromatic N) is 4. The van der Waals surface area contributed by atoms with Gasteiger partial charge in [-0.05, 0) is 35.3 Å². The third-order valence-corrected chi connectivity index (χ3v) is 5.43. The number of rotatable bonds is 4. The third-order valence-electron chi connectivity index (χ3n) is 5.43. The Kier molecular flexibility index (Phi) is 4.94. The van der Waals surface area contributed by atoms with E-state index < -0.39 is 0 Å². The average Bonchev–Trinajstić information content (AvgIpc) is 3.13. The first-order chi connectivity index (χ1) is 12.3. The summed E-state index contributed by atoms with van der Waals surface area (Å²) < 4.78 is 4.74. The van der Waals surface area contributed by atoms with Crippen LogP contribution < -0.4 is 5.32 Å². The van der Waals surface area contributed by atoms with Crippen LogP contribution in [-0.4, -0.2) is 64.8 Å². The van der Waals surface area contributed by atoms with E-state index in [2.05, 4.69) is 25.4 Å². The van der Waals surface area contributed by atoms with Gasteiger partial charge >= 0.3 is 0 Å². The summed E-state index contributed by atoms with van der Waals surface area (Å²) in [4.78, 5) is 17.2. The highest BCUT2D eigenvalue weighted by molar-refractivity contribution is 5.99. The van der Waals surface area contributed by atoms with Crippen molar-refractivity contribution in [2.45, 2.75) is 38.1 Å². The molecule has 1 saturated carbocycles. The molecule has 1 aromatic carbocycles. The van der Waals surface area contributed by atoms with Crippen molar-refractivity contribution in [3.63, 3.8) is 0 Å². The molecule has 25 heavy (non-hydrogen) atoms. The first-order valence-corrected chi connectivity index (χ1v) is 9.27. The van der Waals surface area contributed by atoms with E-state index in [1.807, 2.05) is 18.2 Å². The molecule has 2 fully saturated rings. The molecule has 0 spiro atoms. The Balaban J connectivity index is 1.28. The Morgan fingerprint density at radius 3 is 2.72 bits per heavy atom. The summed E-state index contributed by atoms with van der Waals surface area (Å²) in [6.07, 6.45) is 6.82. The van der Waals surface area contributed by atoms with Gasteiger partial charge in [0.15, 0.2) is 5.52 Å². The number of carbonyl (C=O) groups excluding carboxylic acids is 1. The van der Waals surface area contributed by atoms with Crippen molar-refractivity contribution in [3.05, 3.63) is 18.2 Å². The van der Waals surface area contributed by atoms with Crippen LogP contribution in [-0.2, 0) is 4.79 Å². The molecule has 0 unspecified atom stereocenters. The van der Waals surface area contributed by atoms with Gasteiger partial charge in [-0.15, -0.1) is 0 Å². The van der Waals surface area contributed by atoms with Crippen LogP contribution in [0.1, 0.15) is 32.1 Å². The molecular formula is C18H25N5O2. The van der Waals surface area contributed by atoms with Gasteiger partial charge in [-0.3, -0.25) is 14.6 Å². The summed E-state index contributed by atoms with van der Waals surface area (Å²) in [5, 5.41) is 10.6. The van der Waals surface area contributed by atoms with Crippen LogP contribution in [0, 0.1) is 0 Å².